The molecule has 1 aromatic heterocycles. The van der Waals surface area contributed by atoms with Crippen molar-refractivity contribution in [2.24, 2.45) is 0 Å². The number of amides is 1. The summed E-state index contributed by atoms with van der Waals surface area (Å²) in [5.41, 5.74) is 5.42. The molecule has 0 spiro atoms. The molecule has 0 bridgehead atoms. The van der Waals surface area contributed by atoms with Gasteiger partial charge in [-0.2, -0.15) is 0 Å². The number of aromatic nitrogens is 2. The Labute approximate surface area is 200 Å². The Morgan fingerprint density at radius 1 is 0.941 bits per heavy atom. The Morgan fingerprint density at radius 2 is 1.59 bits per heavy atom. The van der Waals surface area contributed by atoms with Gasteiger partial charge in [-0.1, -0.05) is 19.1 Å². The van der Waals surface area contributed by atoms with E-state index in [0.717, 1.165) is 57.2 Å². The Morgan fingerprint density at radius 3 is 2.21 bits per heavy atom. The highest BCUT2D eigenvalue weighted by molar-refractivity contribution is 5.97. The van der Waals surface area contributed by atoms with Gasteiger partial charge in [-0.25, -0.2) is 4.98 Å². The molecule has 0 fully saturated rings. The molecule has 3 aromatic carbocycles. The summed E-state index contributed by atoms with van der Waals surface area (Å²) in [6, 6.07) is 19.8. The summed E-state index contributed by atoms with van der Waals surface area (Å²) in [5.74, 6) is 2.38. The van der Waals surface area contributed by atoms with Crippen LogP contribution in [0.2, 0.25) is 0 Å². The van der Waals surface area contributed by atoms with E-state index in [-0.39, 0.29) is 5.91 Å². The third-order valence-corrected chi connectivity index (χ3v) is 6.03. The molecule has 1 amide bonds. The average Bonchev–Trinajstić information content (AvgIpc) is 3.21. The number of carbonyl (C=O) groups is 1. The summed E-state index contributed by atoms with van der Waals surface area (Å²) in [7, 11) is 3.30. The maximum absolute atomic E-state index is 13.8. The zero-order valence-corrected chi connectivity index (χ0v) is 20.5. The van der Waals surface area contributed by atoms with E-state index in [2.05, 4.69) is 17.6 Å². The lowest BCUT2D eigenvalue weighted by Crippen LogP contribution is -2.33. The quantitative estimate of drug-likeness (QED) is 0.340. The topological polar surface area (TPSA) is 56.6 Å². The van der Waals surface area contributed by atoms with Crippen LogP contribution in [0.3, 0.4) is 0 Å². The predicted molar refractivity (Wildman–Crippen MR) is 135 cm³/mol. The van der Waals surface area contributed by atoms with E-state index in [4.69, 9.17) is 14.5 Å². The Balaban J connectivity index is 1.77. The summed E-state index contributed by atoms with van der Waals surface area (Å²) in [5, 5.41) is 0. The van der Waals surface area contributed by atoms with Crippen LogP contribution < -0.4 is 9.47 Å². The molecule has 4 rings (SSSR count). The van der Waals surface area contributed by atoms with Crippen LogP contribution in [0.4, 0.5) is 0 Å². The second-order valence-corrected chi connectivity index (χ2v) is 8.41. The van der Waals surface area contributed by atoms with Crippen molar-refractivity contribution in [1.29, 1.82) is 0 Å². The Hall–Kier alpha value is -3.80. The van der Waals surface area contributed by atoms with E-state index in [9.17, 15) is 4.79 Å². The molecular formula is C28H31N3O3. The predicted octanol–water partition coefficient (Wildman–Crippen LogP) is 5.71. The van der Waals surface area contributed by atoms with Crippen molar-refractivity contribution in [2.75, 3.05) is 20.8 Å². The zero-order valence-electron chi connectivity index (χ0n) is 20.5. The van der Waals surface area contributed by atoms with Crippen LogP contribution in [0.15, 0.2) is 60.7 Å². The molecule has 0 saturated heterocycles. The molecule has 34 heavy (non-hydrogen) atoms. The fourth-order valence-corrected chi connectivity index (χ4v) is 4.43. The Kier molecular flexibility index (Phi) is 6.87. The number of benzene rings is 3. The number of hydrogen-bond donors (Lipinski definition) is 0. The molecule has 6 heteroatoms. The highest BCUT2D eigenvalue weighted by atomic mass is 16.5. The third kappa shape index (κ3) is 4.49. The van der Waals surface area contributed by atoms with Crippen molar-refractivity contribution in [3.8, 4) is 17.2 Å². The van der Waals surface area contributed by atoms with Crippen molar-refractivity contribution in [2.45, 2.75) is 33.7 Å². The first-order valence-electron chi connectivity index (χ1n) is 11.5. The average molecular weight is 458 g/mol. The van der Waals surface area contributed by atoms with Gasteiger partial charge in [-0.05, 0) is 79.9 Å². The minimum Gasteiger partial charge on any atom is -0.497 e. The SMILES string of the molecule is CCCN(Cc1nc2ccccc2n1-c1ccc(OC)cc1)C(=O)c1c(C)cc(OC)cc1C. The maximum Gasteiger partial charge on any atom is 0.254 e. The molecule has 4 aromatic rings. The van der Waals surface area contributed by atoms with E-state index in [0.29, 0.717) is 13.1 Å². The molecule has 0 saturated carbocycles. The second kappa shape index (κ2) is 10.00. The number of para-hydroxylation sites is 2. The van der Waals surface area contributed by atoms with Crippen LogP contribution in [0.25, 0.3) is 16.7 Å². The fourth-order valence-electron chi connectivity index (χ4n) is 4.43. The molecule has 0 unspecified atom stereocenters. The second-order valence-electron chi connectivity index (χ2n) is 8.41. The number of carbonyl (C=O) groups excluding carboxylic acids is 1. The maximum atomic E-state index is 13.8. The molecule has 0 N–H and O–H groups in total. The lowest BCUT2D eigenvalue weighted by molar-refractivity contribution is 0.0737. The van der Waals surface area contributed by atoms with E-state index < -0.39 is 0 Å². The van der Waals surface area contributed by atoms with Crippen LogP contribution in [-0.2, 0) is 6.54 Å². The molecule has 0 aliphatic rings. The van der Waals surface area contributed by atoms with Crippen LogP contribution in [0, 0.1) is 13.8 Å². The number of rotatable bonds is 8. The van der Waals surface area contributed by atoms with Crippen LogP contribution in [0.5, 0.6) is 11.5 Å². The number of fused-ring (bicyclic) bond motifs is 1. The number of nitrogens with zero attached hydrogens (tertiary/aromatic N) is 3. The van der Waals surface area contributed by atoms with Crippen LogP contribution >= 0.6 is 0 Å². The largest absolute Gasteiger partial charge is 0.497 e. The third-order valence-electron chi connectivity index (χ3n) is 6.03. The van der Waals surface area contributed by atoms with Gasteiger partial charge in [-0.15, -0.1) is 0 Å². The smallest absolute Gasteiger partial charge is 0.254 e. The summed E-state index contributed by atoms with van der Waals surface area (Å²) in [6.45, 7) is 7.03. The molecule has 0 radical (unpaired) electrons. The number of aryl methyl sites for hydroxylation is 2. The monoisotopic (exact) mass is 457 g/mol. The summed E-state index contributed by atoms with van der Waals surface area (Å²) in [4.78, 5) is 20.6. The van der Waals surface area contributed by atoms with Gasteiger partial charge >= 0.3 is 0 Å². The minimum atomic E-state index is 0.00726. The van der Waals surface area contributed by atoms with Crippen LogP contribution in [-0.4, -0.2) is 41.1 Å². The van der Waals surface area contributed by atoms with E-state index >= 15 is 0 Å². The summed E-state index contributed by atoms with van der Waals surface area (Å²) >= 11 is 0. The van der Waals surface area contributed by atoms with E-state index in [1.807, 2.05) is 73.3 Å². The summed E-state index contributed by atoms with van der Waals surface area (Å²) < 4.78 is 12.8. The van der Waals surface area contributed by atoms with Gasteiger partial charge in [0.2, 0.25) is 0 Å². The molecular weight excluding hydrogens is 426 g/mol. The van der Waals surface area contributed by atoms with Gasteiger partial charge in [0.25, 0.3) is 5.91 Å². The molecule has 176 valence electrons. The van der Waals surface area contributed by atoms with Gasteiger partial charge < -0.3 is 14.4 Å². The molecule has 6 nitrogen and oxygen atoms in total. The highest BCUT2D eigenvalue weighted by Gasteiger charge is 2.23. The normalized spacial score (nSPS) is 11.0. The van der Waals surface area contributed by atoms with Crippen molar-refractivity contribution in [3.63, 3.8) is 0 Å². The number of hydrogen-bond acceptors (Lipinski definition) is 4. The minimum absolute atomic E-state index is 0.00726. The molecule has 1 heterocycles. The van der Waals surface area contributed by atoms with Gasteiger partial charge in [0.05, 0.1) is 31.8 Å². The molecule has 0 aliphatic carbocycles. The van der Waals surface area contributed by atoms with Crippen molar-refractivity contribution >= 4 is 16.9 Å². The van der Waals surface area contributed by atoms with Crippen molar-refractivity contribution < 1.29 is 14.3 Å². The summed E-state index contributed by atoms with van der Waals surface area (Å²) in [6.07, 6.45) is 0.850. The van der Waals surface area contributed by atoms with E-state index in [1.54, 1.807) is 14.2 Å². The van der Waals surface area contributed by atoms with Gasteiger partial charge in [-0.3, -0.25) is 9.36 Å². The number of ether oxygens (including phenoxy) is 2. The number of methoxy groups -OCH3 is 2. The standard InChI is InChI=1S/C28H31N3O3/c1-6-15-30(28(32)27-19(2)16-23(34-5)17-20(27)3)18-26-29-24-9-7-8-10-25(24)31(26)21-11-13-22(33-4)14-12-21/h7-14,16-17H,6,15,18H2,1-5H3. The first kappa shape index (κ1) is 23.4. The van der Waals surface area contributed by atoms with Gasteiger partial charge in [0.1, 0.15) is 17.3 Å². The lowest BCUT2D eigenvalue weighted by Gasteiger charge is -2.24. The van der Waals surface area contributed by atoms with E-state index in [1.165, 1.54) is 0 Å². The lowest BCUT2D eigenvalue weighted by atomic mass is 10.0. The first-order valence-corrected chi connectivity index (χ1v) is 11.5. The first-order chi connectivity index (χ1) is 16.5. The van der Waals surface area contributed by atoms with Crippen molar-refractivity contribution in [3.05, 3.63) is 83.2 Å². The van der Waals surface area contributed by atoms with Gasteiger partial charge in [0, 0.05) is 17.8 Å². The van der Waals surface area contributed by atoms with Crippen molar-refractivity contribution in [1.82, 2.24) is 14.5 Å². The Bertz CT molecular complexity index is 1290. The molecule has 0 atom stereocenters. The fraction of sp³-hybridized carbons (Fsp3) is 0.286. The van der Waals surface area contributed by atoms with Gasteiger partial charge in [0.15, 0.2) is 0 Å². The van der Waals surface area contributed by atoms with Crippen LogP contribution in [0.1, 0.15) is 40.7 Å². The zero-order chi connectivity index (χ0) is 24.2. The number of imidazole rings is 1. The highest BCUT2D eigenvalue weighted by Crippen LogP contribution is 2.27. The molecule has 0 aliphatic heterocycles.